The van der Waals surface area contributed by atoms with E-state index in [9.17, 15) is 24.0 Å². The number of rotatable bonds is 6. The van der Waals surface area contributed by atoms with Crippen molar-refractivity contribution in [3.05, 3.63) is 47.5 Å². The lowest BCUT2D eigenvalue weighted by Gasteiger charge is -2.27. The van der Waals surface area contributed by atoms with E-state index in [-0.39, 0.29) is 32.5 Å². The summed E-state index contributed by atoms with van der Waals surface area (Å²) in [5, 5.41) is 1.46. The highest BCUT2D eigenvalue weighted by Gasteiger charge is 2.32. The third-order valence-corrected chi connectivity index (χ3v) is 5.04. The fraction of sp³-hybridized carbons (Fsp3) is 0.286. The smallest absolute Gasteiger partial charge is 0.416 e. The summed E-state index contributed by atoms with van der Waals surface area (Å²) in [5.74, 6) is -2.12. The van der Waals surface area contributed by atoms with Gasteiger partial charge in [-0.05, 0) is 23.9 Å². The molecule has 9 nitrogen and oxygen atoms in total. The van der Waals surface area contributed by atoms with Crippen molar-refractivity contribution >= 4 is 40.6 Å². The summed E-state index contributed by atoms with van der Waals surface area (Å²) in [6.07, 6.45) is -0.650. The lowest BCUT2D eigenvalue weighted by molar-refractivity contribution is -0.150. The number of nitrogens with zero attached hydrogens (tertiary/aromatic N) is 2. The molecule has 0 atom stereocenters. The van der Waals surface area contributed by atoms with Crippen LogP contribution < -0.4 is 0 Å². The zero-order valence-electron chi connectivity index (χ0n) is 16.0. The molecular weight excluding hydrogens is 392 g/mol. The Morgan fingerprint density at radius 1 is 1.00 bits per heavy atom. The molecule has 2 aliphatic heterocycles. The normalized spacial score (nSPS) is 15.5. The fourth-order valence-corrected chi connectivity index (χ4v) is 3.58. The maximum atomic E-state index is 12.8. The van der Waals surface area contributed by atoms with E-state index in [0.29, 0.717) is 16.5 Å². The van der Waals surface area contributed by atoms with E-state index < -0.39 is 36.4 Å². The van der Waals surface area contributed by atoms with Gasteiger partial charge in [0.2, 0.25) is 0 Å². The van der Waals surface area contributed by atoms with Gasteiger partial charge >= 0.3 is 12.1 Å². The Kier molecular flexibility index (Phi) is 5.18. The number of amides is 4. The zero-order chi connectivity index (χ0) is 21.3. The lowest BCUT2D eigenvalue weighted by Crippen LogP contribution is -2.41. The van der Waals surface area contributed by atoms with Crippen LogP contribution in [0.15, 0.2) is 36.4 Å². The number of benzene rings is 2. The SMILES string of the molecule is O=C(CCCN1C(=O)c2cccc3cccc(c23)C1=O)OCC(=O)N1CCOC1=O. The quantitative estimate of drug-likeness (QED) is 0.527. The van der Waals surface area contributed by atoms with Gasteiger partial charge in [0.05, 0.1) is 6.54 Å². The lowest BCUT2D eigenvalue weighted by atomic mass is 9.94. The Labute approximate surface area is 171 Å². The van der Waals surface area contributed by atoms with E-state index >= 15 is 0 Å². The predicted octanol–water partition coefficient (Wildman–Crippen LogP) is 1.74. The molecule has 1 saturated heterocycles. The number of carbonyl (C=O) groups excluding carboxylic acids is 5. The van der Waals surface area contributed by atoms with Crippen molar-refractivity contribution in [2.24, 2.45) is 0 Å². The van der Waals surface area contributed by atoms with Gasteiger partial charge in [-0.2, -0.15) is 0 Å². The third kappa shape index (κ3) is 3.49. The molecule has 2 heterocycles. The molecule has 0 spiro atoms. The largest absolute Gasteiger partial charge is 0.456 e. The summed E-state index contributed by atoms with van der Waals surface area (Å²) in [6.45, 7) is -0.273. The minimum absolute atomic E-state index is 0.0455. The van der Waals surface area contributed by atoms with Crippen LogP contribution in [0.4, 0.5) is 4.79 Å². The van der Waals surface area contributed by atoms with Crippen LogP contribution in [0.25, 0.3) is 10.8 Å². The Bertz CT molecular complexity index is 1030. The maximum Gasteiger partial charge on any atom is 0.416 e. The van der Waals surface area contributed by atoms with Crippen LogP contribution >= 0.6 is 0 Å². The number of imide groups is 2. The minimum atomic E-state index is -0.756. The summed E-state index contributed by atoms with van der Waals surface area (Å²) < 4.78 is 9.53. The molecule has 1 fully saturated rings. The first-order chi connectivity index (χ1) is 14.5. The van der Waals surface area contributed by atoms with Gasteiger partial charge in [-0.25, -0.2) is 9.69 Å². The van der Waals surface area contributed by atoms with E-state index in [1.807, 2.05) is 12.1 Å². The Hall–Kier alpha value is -3.75. The minimum Gasteiger partial charge on any atom is -0.456 e. The fourth-order valence-electron chi connectivity index (χ4n) is 3.58. The summed E-state index contributed by atoms with van der Waals surface area (Å²) in [6, 6.07) is 10.6. The predicted molar refractivity (Wildman–Crippen MR) is 103 cm³/mol. The zero-order valence-corrected chi connectivity index (χ0v) is 16.0. The summed E-state index contributed by atoms with van der Waals surface area (Å²) >= 11 is 0. The summed E-state index contributed by atoms with van der Waals surface area (Å²) in [5.41, 5.74) is 0.904. The van der Waals surface area contributed by atoms with Gasteiger partial charge in [-0.15, -0.1) is 0 Å². The van der Waals surface area contributed by atoms with E-state index in [0.717, 1.165) is 15.2 Å². The van der Waals surface area contributed by atoms with Crippen molar-refractivity contribution in [3.8, 4) is 0 Å². The molecule has 2 aromatic carbocycles. The van der Waals surface area contributed by atoms with Gasteiger partial charge in [0.1, 0.15) is 6.61 Å². The number of esters is 1. The van der Waals surface area contributed by atoms with Gasteiger partial charge in [0.15, 0.2) is 6.61 Å². The van der Waals surface area contributed by atoms with Crippen molar-refractivity contribution in [1.82, 2.24) is 9.80 Å². The molecule has 0 N–H and O–H groups in total. The number of carbonyl (C=O) groups is 5. The Balaban J connectivity index is 1.33. The highest BCUT2D eigenvalue weighted by molar-refractivity contribution is 6.25. The summed E-state index contributed by atoms with van der Waals surface area (Å²) in [4.78, 5) is 62.6. The van der Waals surface area contributed by atoms with Crippen LogP contribution in [0.3, 0.4) is 0 Å². The second kappa shape index (κ2) is 7.94. The molecule has 0 saturated carbocycles. The van der Waals surface area contributed by atoms with Crippen molar-refractivity contribution < 1.29 is 33.4 Å². The molecule has 0 aliphatic carbocycles. The van der Waals surface area contributed by atoms with Crippen LogP contribution in [-0.2, 0) is 19.1 Å². The van der Waals surface area contributed by atoms with E-state index in [1.165, 1.54) is 0 Å². The number of cyclic esters (lactones) is 1. The molecule has 30 heavy (non-hydrogen) atoms. The topological polar surface area (TPSA) is 110 Å². The van der Waals surface area contributed by atoms with Gasteiger partial charge in [0.25, 0.3) is 17.7 Å². The first kappa shape index (κ1) is 19.6. The average molecular weight is 410 g/mol. The monoisotopic (exact) mass is 410 g/mol. The first-order valence-corrected chi connectivity index (χ1v) is 9.48. The summed E-state index contributed by atoms with van der Waals surface area (Å²) in [7, 11) is 0. The maximum absolute atomic E-state index is 12.8. The number of hydrogen-bond acceptors (Lipinski definition) is 7. The van der Waals surface area contributed by atoms with Crippen LogP contribution in [0.5, 0.6) is 0 Å². The van der Waals surface area contributed by atoms with E-state index in [2.05, 4.69) is 4.74 Å². The second-order valence-electron chi connectivity index (χ2n) is 6.90. The van der Waals surface area contributed by atoms with E-state index in [1.54, 1.807) is 24.3 Å². The van der Waals surface area contributed by atoms with Gasteiger partial charge in [-0.1, -0.05) is 24.3 Å². The van der Waals surface area contributed by atoms with Crippen molar-refractivity contribution in [2.45, 2.75) is 12.8 Å². The van der Waals surface area contributed by atoms with Gasteiger partial charge in [0, 0.05) is 29.5 Å². The van der Waals surface area contributed by atoms with Crippen LogP contribution in [0.2, 0.25) is 0 Å². The van der Waals surface area contributed by atoms with Crippen molar-refractivity contribution in [2.75, 3.05) is 26.3 Å². The second-order valence-corrected chi connectivity index (χ2v) is 6.90. The molecule has 2 aliphatic rings. The average Bonchev–Trinajstić information content (AvgIpc) is 3.18. The Morgan fingerprint density at radius 2 is 1.67 bits per heavy atom. The molecule has 0 unspecified atom stereocenters. The first-order valence-electron chi connectivity index (χ1n) is 9.48. The van der Waals surface area contributed by atoms with Gasteiger partial charge < -0.3 is 9.47 Å². The molecular formula is C21H18N2O7. The van der Waals surface area contributed by atoms with Crippen LogP contribution in [-0.4, -0.2) is 65.9 Å². The van der Waals surface area contributed by atoms with Crippen LogP contribution in [0.1, 0.15) is 33.6 Å². The van der Waals surface area contributed by atoms with Crippen LogP contribution in [0, 0.1) is 0 Å². The highest BCUT2D eigenvalue weighted by Crippen LogP contribution is 2.30. The standard InChI is InChI=1S/C21H18N2O7/c24-16(22-10-11-29-21(22)28)12-30-17(25)8-3-9-23-19(26)14-6-1-4-13-5-2-7-15(18(13)14)20(23)27/h1-2,4-7H,3,8-12H2. The number of ether oxygens (including phenoxy) is 2. The molecule has 2 aromatic rings. The molecule has 4 rings (SSSR count). The molecule has 0 radical (unpaired) electrons. The molecule has 0 bridgehead atoms. The molecule has 9 heteroatoms. The third-order valence-electron chi connectivity index (χ3n) is 5.04. The number of hydrogen-bond donors (Lipinski definition) is 0. The van der Waals surface area contributed by atoms with Crippen molar-refractivity contribution in [3.63, 3.8) is 0 Å². The highest BCUT2D eigenvalue weighted by atomic mass is 16.6. The van der Waals surface area contributed by atoms with E-state index in [4.69, 9.17) is 4.74 Å². The molecule has 0 aromatic heterocycles. The Morgan fingerprint density at radius 3 is 2.27 bits per heavy atom. The molecule has 4 amide bonds. The molecule has 154 valence electrons. The van der Waals surface area contributed by atoms with Crippen molar-refractivity contribution in [1.29, 1.82) is 0 Å². The van der Waals surface area contributed by atoms with Gasteiger partial charge in [-0.3, -0.25) is 24.1 Å².